The number of carbonyl (C=O) groups is 5. The fourth-order valence-electron chi connectivity index (χ4n) is 3.22. The van der Waals surface area contributed by atoms with Gasteiger partial charge in [-0.2, -0.15) is 0 Å². The average Bonchev–Trinajstić information content (AvgIpc) is 2.67. The molecule has 1 heterocycles. The van der Waals surface area contributed by atoms with Crippen LogP contribution in [-0.4, -0.2) is 155 Å². The van der Waals surface area contributed by atoms with Crippen LogP contribution in [0.15, 0.2) is 0 Å². The van der Waals surface area contributed by atoms with Crippen LogP contribution in [0.4, 0.5) is 0 Å². The number of hydrogen-bond acceptors (Lipinski definition) is 9. The second-order valence-corrected chi connectivity index (χ2v) is 7.46. The van der Waals surface area contributed by atoms with Crippen LogP contribution in [0, 0.1) is 0 Å². The second kappa shape index (κ2) is 14.3. The summed E-state index contributed by atoms with van der Waals surface area (Å²) in [5.41, 5.74) is 0. The number of carboxylic acids is 4. The molecule has 5 N–H and O–H groups in total. The van der Waals surface area contributed by atoms with Crippen LogP contribution in [0.3, 0.4) is 0 Å². The van der Waals surface area contributed by atoms with Crippen LogP contribution >= 0.6 is 0 Å². The van der Waals surface area contributed by atoms with Crippen LogP contribution < -0.4 is 5.32 Å². The van der Waals surface area contributed by atoms with Crippen molar-refractivity contribution in [1.82, 2.24) is 24.9 Å². The van der Waals surface area contributed by atoms with E-state index in [0.29, 0.717) is 0 Å². The standard InChI is InChI=1S/C18H31N5O9/c24-14(19-9-15(25)26)10-20-1-3-21(11-16(27)28)5-7-23(13-18(31)32)8-6-22(4-2-20)12-17(29)30/h1-13H2,(H,19,24)(H,25,26)(H,27,28)(H,29,30)(H,31,32). The highest BCUT2D eigenvalue weighted by atomic mass is 16.4. The Hall–Kier alpha value is -2.81. The highest BCUT2D eigenvalue weighted by Crippen LogP contribution is 2.01. The third-order valence-corrected chi connectivity index (χ3v) is 4.81. The number of hydrogen-bond donors (Lipinski definition) is 5. The summed E-state index contributed by atoms with van der Waals surface area (Å²) in [7, 11) is 0. The van der Waals surface area contributed by atoms with Gasteiger partial charge in [0.25, 0.3) is 0 Å². The topological polar surface area (TPSA) is 191 Å². The van der Waals surface area contributed by atoms with Crippen molar-refractivity contribution in [3.05, 3.63) is 0 Å². The van der Waals surface area contributed by atoms with Gasteiger partial charge in [-0.1, -0.05) is 0 Å². The Morgan fingerprint density at radius 3 is 1.03 bits per heavy atom. The maximum absolute atomic E-state index is 12.1. The van der Waals surface area contributed by atoms with Gasteiger partial charge in [0, 0.05) is 52.4 Å². The lowest BCUT2D eigenvalue weighted by Crippen LogP contribution is -2.50. The molecule has 0 spiro atoms. The summed E-state index contributed by atoms with van der Waals surface area (Å²) < 4.78 is 0. The molecule has 0 atom stereocenters. The van der Waals surface area contributed by atoms with E-state index in [9.17, 15) is 34.2 Å². The molecule has 1 fully saturated rings. The summed E-state index contributed by atoms with van der Waals surface area (Å²) in [5.74, 6) is -4.81. The lowest BCUT2D eigenvalue weighted by molar-refractivity contribution is -0.140. The Labute approximate surface area is 185 Å². The number of aliphatic carboxylic acids is 4. The molecule has 0 radical (unpaired) electrons. The molecule has 32 heavy (non-hydrogen) atoms. The molecule has 0 unspecified atom stereocenters. The van der Waals surface area contributed by atoms with E-state index >= 15 is 0 Å². The first kappa shape index (κ1) is 27.2. The summed E-state index contributed by atoms with van der Waals surface area (Å²) in [6.45, 7) is 0.808. The molecule has 1 aliphatic rings. The zero-order valence-electron chi connectivity index (χ0n) is 17.8. The second-order valence-electron chi connectivity index (χ2n) is 7.46. The van der Waals surface area contributed by atoms with E-state index < -0.39 is 36.3 Å². The predicted molar refractivity (Wildman–Crippen MR) is 109 cm³/mol. The van der Waals surface area contributed by atoms with Gasteiger partial charge in [0.05, 0.1) is 26.2 Å². The highest BCUT2D eigenvalue weighted by molar-refractivity contribution is 5.82. The van der Waals surface area contributed by atoms with Crippen LogP contribution in [-0.2, 0) is 24.0 Å². The third kappa shape index (κ3) is 12.8. The maximum atomic E-state index is 12.1. The molecule has 1 rings (SSSR count). The van der Waals surface area contributed by atoms with Gasteiger partial charge in [0.15, 0.2) is 0 Å². The average molecular weight is 461 g/mol. The van der Waals surface area contributed by atoms with Crippen molar-refractivity contribution in [3.63, 3.8) is 0 Å². The van der Waals surface area contributed by atoms with Crippen molar-refractivity contribution in [1.29, 1.82) is 0 Å². The van der Waals surface area contributed by atoms with Crippen LogP contribution in [0.5, 0.6) is 0 Å². The fourth-order valence-corrected chi connectivity index (χ4v) is 3.22. The summed E-state index contributed by atoms with van der Waals surface area (Å²) in [6.07, 6.45) is 0. The van der Waals surface area contributed by atoms with Gasteiger partial charge in [-0.25, -0.2) is 0 Å². The first-order valence-corrected chi connectivity index (χ1v) is 10.1. The molecule has 1 amide bonds. The molecule has 182 valence electrons. The lowest BCUT2D eigenvalue weighted by Gasteiger charge is -2.32. The van der Waals surface area contributed by atoms with Gasteiger partial charge in [0.2, 0.25) is 5.91 Å². The molecule has 0 bridgehead atoms. The van der Waals surface area contributed by atoms with Gasteiger partial charge < -0.3 is 25.7 Å². The normalized spacial score (nSPS) is 18.2. The Bertz CT molecular complexity index is 643. The Balaban J connectivity index is 2.92. The van der Waals surface area contributed by atoms with Crippen molar-refractivity contribution in [3.8, 4) is 0 Å². The van der Waals surface area contributed by atoms with Crippen LogP contribution in [0.2, 0.25) is 0 Å². The lowest BCUT2D eigenvalue weighted by atomic mass is 10.3. The number of nitrogens with one attached hydrogen (secondary N) is 1. The molecular weight excluding hydrogens is 430 g/mol. The molecule has 0 aromatic rings. The van der Waals surface area contributed by atoms with Gasteiger partial charge in [-0.15, -0.1) is 0 Å². The minimum atomic E-state index is -1.18. The quantitative estimate of drug-likeness (QED) is 0.217. The van der Waals surface area contributed by atoms with E-state index in [1.165, 1.54) is 0 Å². The summed E-state index contributed by atoms with van der Waals surface area (Å²) in [4.78, 5) is 62.9. The van der Waals surface area contributed by atoms with Crippen molar-refractivity contribution < 1.29 is 44.4 Å². The van der Waals surface area contributed by atoms with E-state index in [-0.39, 0.29) is 78.5 Å². The highest BCUT2D eigenvalue weighted by Gasteiger charge is 2.21. The van der Waals surface area contributed by atoms with E-state index in [1.54, 1.807) is 19.6 Å². The Morgan fingerprint density at radius 1 is 0.500 bits per heavy atom. The molecule has 1 aliphatic heterocycles. The van der Waals surface area contributed by atoms with E-state index in [1.807, 2.05) is 0 Å². The van der Waals surface area contributed by atoms with Crippen LogP contribution in [0.25, 0.3) is 0 Å². The number of carboxylic acid groups (broad SMARTS) is 4. The van der Waals surface area contributed by atoms with Crippen molar-refractivity contribution in [2.75, 3.05) is 85.1 Å². The first-order valence-electron chi connectivity index (χ1n) is 10.1. The minimum absolute atomic E-state index is 0.125. The maximum Gasteiger partial charge on any atom is 0.322 e. The molecule has 14 heteroatoms. The van der Waals surface area contributed by atoms with Crippen molar-refractivity contribution in [2.45, 2.75) is 0 Å². The molecule has 14 nitrogen and oxygen atoms in total. The van der Waals surface area contributed by atoms with Crippen molar-refractivity contribution in [2.24, 2.45) is 0 Å². The van der Waals surface area contributed by atoms with Gasteiger partial charge in [-0.05, 0) is 0 Å². The van der Waals surface area contributed by atoms with Gasteiger partial charge >= 0.3 is 23.9 Å². The molecule has 0 aliphatic carbocycles. The Morgan fingerprint density at radius 2 is 0.781 bits per heavy atom. The fraction of sp³-hybridized carbons (Fsp3) is 0.722. The summed E-state index contributed by atoms with van der Waals surface area (Å²) in [5, 5.41) is 38.4. The van der Waals surface area contributed by atoms with Crippen molar-refractivity contribution >= 4 is 29.8 Å². The SMILES string of the molecule is O=C(O)CNC(=O)CN1CCN(CC(=O)O)CCN(CC(=O)O)CCN(CC(=O)O)CC1. The molecule has 0 saturated carbocycles. The largest absolute Gasteiger partial charge is 0.480 e. The van der Waals surface area contributed by atoms with E-state index in [2.05, 4.69) is 5.32 Å². The van der Waals surface area contributed by atoms with E-state index in [4.69, 9.17) is 10.2 Å². The third-order valence-electron chi connectivity index (χ3n) is 4.81. The summed E-state index contributed by atoms with van der Waals surface area (Å²) in [6, 6.07) is 0. The summed E-state index contributed by atoms with van der Waals surface area (Å²) >= 11 is 0. The smallest absolute Gasteiger partial charge is 0.322 e. The number of rotatable bonds is 10. The zero-order valence-corrected chi connectivity index (χ0v) is 17.8. The first-order chi connectivity index (χ1) is 15.0. The number of carbonyl (C=O) groups excluding carboxylic acids is 1. The molecule has 0 aromatic carbocycles. The Kier molecular flexibility index (Phi) is 12.2. The minimum Gasteiger partial charge on any atom is -0.480 e. The van der Waals surface area contributed by atoms with Gasteiger partial charge in [0.1, 0.15) is 6.54 Å². The number of amides is 1. The molecule has 0 aromatic heterocycles. The monoisotopic (exact) mass is 461 g/mol. The molecule has 1 saturated heterocycles. The van der Waals surface area contributed by atoms with Gasteiger partial charge in [-0.3, -0.25) is 43.6 Å². The number of nitrogens with zero attached hydrogens (tertiary/aromatic N) is 4. The van der Waals surface area contributed by atoms with E-state index in [0.717, 1.165) is 0 Å². The van der Waals surface area contributed by atoms with Crippen LogP contribution in [0.1, 0.15) is 0 Å². The predicted octanol–water partition coefficient (Wildman–Crippen LogP) is -3.34. The molecular formula is C18H31N5O9. The zero-order chi connectivity index (χ0) is 24.1.